The lowest BCUT2D eigenvalue weighted by molar-refractivity contribution is 0.292. The molecule has 5 heteroatoms. The van der Waals surface area contributed by atoms with Crippen molar-refractivity contribution < 1.29 is 5.11 Å². The summed E-state index contributed by atoms with van der Waals surface area (Å²) in [4.78, 5) is 4.07. The van der Waals surface area contributed by atoms with Gasteiger partial charge in [-0.2, -0.15) is 5.10 Å². The molecule has 3 N–H and O–H groups in total. The maximum absolute atomic E-state index is 8.69. The van der Waals surface area contributed by atoms with Gasteiger partial charge in [0.25, 0.3) is 0 Å². The van der Waals surface area contributed by atoms with Crippen LogP contribution in [0.5, 0.6) is 0 Å². The highest BCUT2D eigenvalue weighted by Gasteiger charge is 2.06. The van der Waals surface area contributed by atoms with Crippen molar-refractivity contribution in [1.82, 2.24) is 20.5 Å². The number of aliphatic hydroxyl groups excluding tert-OH is 1. The molecule has 2 rings (SSSR count). The number of aliphatic hydroxyl groups is 1. The lowest BCUT2D eigenvalue weighted by atomic mass is 10.1. The highest BCUT2D eigenvalue weighted by Crippen LogP contribution is 2.19. The molecule has 0 fully saturated rings. The van der Waals surface area contributed by atoms with Gasteiger partial charge in [-0.15, -0.1) is 0 Å². The summed E-state index contributed by atoms with van der Waals surface area (Å²) in [6.07, 6.45) is 5.32. The molecule has 84 valence electrons. The summed E-state index contributed by atoms with van der Waals surface area (Å²) in [6.45, 7) is 1.40. The molecule has 2 heterocycles. The van der Waals surface area contributed by atoms with Crippen molar-refractivity contribution in [3.05, 3.63) is 36.3 Å². The molecular weight excluding hydrogens is 204 g/mol. The zero-order chi connectivity index (χ0) is 11.2. The molecule has 0 bridgehead atoms. The van der Waals surface area contributed by atoms with E-state index in [1.54, 1.807) is 18.6 Å². The molecule has 0 amide bonds. The summed E-state index contributed by atoms with van der Waals surface area (Å²) in [7, 11) is 0. The first-order valence-corrected chi connectivity index (χ1v) is 5.16. The van der Waals surface area contributed by atoms with Crippen LogP contribution in [0, 0.1) is 0 Å². The summed E-state index contributed by atoms with van der Waals surface area (Å²) in [5, 5.41) is 18.8. The van der Waals surface area contributed by atoms with Crippen molar-refractivity contribution in [2.24, 2.45) is 0 Å². The van der Waals surface area contributed by atoms with E-state index in [9.17, 15) is 0 Å². The summed E-state index contributed by atoms with van der Waals surface area (Å²) < 4.78 is 0. The van der Waals surface area contributed by atoms with Crippen molar-refractivity contribution >= 4 is 0 Å². The Balaban J connectivity index is 2.13. The number of aromatic amines is 1. The van der Waals surface area contributed by atoms with E-state index in [0.717, 1.165) is 16.8 Å². The van der Waals surface area contributed by atoms with E-state index in [1.807, 2.05) is 12.1 Å². The molecule has 5 nitrogen and oxygen atoms in total. The Morgan fingerprint density at radius 2 is 2.31 bits per heavy atom. The number of nitrogens with zero attached hydrogens (tertiary/aromatic N) is 2. The average Bonchev–Trinajstić information content (AvgIpc) is 2.79. The van der Waals surface area contributed by atoms with Crippen molar-refractivity contribution in [3.8, 4) is 11.3 Å². The molecule has 0 aromatic carbocycles. The molecule has 2 aromatic rings. The van der Waals surface area contributed by atoms with Crippen LogP contribution in [0.25, 0.3) is 11.3 Å². The molecule has 0 saturated carbocycles. The SMILES string of the molecule is OCCNCc1cn[nH]c1-c1cccnc1. The first-order chi connectivity index (χ1) is 7.92. The monoisotopic (exact) mass is 218 g/mol. The Bertz CT molecular complexity index is 427. The Morgan fingerprint density at radius 3 is 3.06 bits per heavy atom. The standard InChI is InChI=1S/C11H14N4O/c16-5-4-13-7-10-8-14-15-11(10)9-2-1-3-12-6-9/h1-3,6,8,13,16H,4-5,7H2,(H,14,15). The minimum Gasteiger partial charge on any atom is -0.395 e. The lowest BCUT2D eigenvalue weighted by Crippen LogP contribution is -2.17. The molecule has 2 aromatic heterocycles. The summed E-state index contributed by atoms with van der Waals surface area (Å²) in [6, 6.07) is 3.87. The van der Waals surface area contributed by atoms with E-state index in [2.05, 4.69) is 20.5 Å². The van der Waals surface area contributed by atoms with E-state index in [-0.39, 0.29) is 6.61 Å². The molecule has 0 aliphatic carbocycles. The topological polar surface area (TPSA) is 73.8 Å². The van der Waals surface area contributed by atoms with Crippen LogP contribution in [0.2, 0.25) is 0 Å². The number of aromatic nitrogens is 3. The Labute approximate surface area is 93.5 Å². The number of hydrogen-bond acceptors (Lipinski definition) is 4. The van der Waals surface area contributed by atoms with Crippen molar-refractivity contribution in [2.75, 3.05) is 13.2 Å². The smallest absolute Gasteiger partial charge is 0.0710 e. The van der Waals surface area contributed by atoms with E-state index < -0.39 is 0 Å². The fourth-order valence-electron chi connectivity index (χ4n) is 1.51. The molecule has 0 spiro atoms. The highest BCUT2D eigenvalue weighted by atomic mass is 16.3. The molecule has 0 saturated heterocycles. The van der Waals surface area contributed by atoms with E-state index >= 15 is 0 Å². The number of pyridine rings is 1. The Hall–Kier alpha value is -1.72. The van der Waals surface area contributed by atoms with Gasteiger partial charge in [-0.3, -0.25) is 10.1 Å². The second kappa shape index (κ2) is 5.39. The predicted octanol–water partition coefficient (Wildman–Crippen LogP) is 0.554. The third-order valence-corrected chi connectivity index (χ3v) is 2.27. The van der Waals surface area contributed by atoms with Gasteiger partial charge in [-0.1, -0.05) is 0 Å². The zero-order valence-electron chi connectivity index (χ0n) is 8.85. The van der Waals surface area contributed by atoms with Crippen molar-refractivity contribution in [2.45, 2.75) is 6.54 Å². The van der Waals surface area contributed by atoms with Gasteiger partial charge in [0, 0.05) is 36.6 Å². The average molecular weight is 218 g/mol. The number of nitrogens with one attached hydrogen (secondary N) is 2. The third-order valence-electron chi connectivity index (χ3n) is 2.27. The van der Waals surface area contributed by atoms with Crippen LogP contribution in [0.4, 0.5) is 0 Å². The molecule has 16 heavy (non-hydrogen) atoms. The van der Waals surface area contributed by atoms with Gasteiger partial charge >= 0.3 is 0 Å². The van der Waals surface area contributed by atoms with Crippen LogP contribution in [-0.4, -0.2) is 33.4 Å². The van der Waals surface area contributed by atoms with Crippen LogP contribution in [0.3, 0.4) is 0 Å². The predicted molar refractivity (Wildman–Crippen MR) is 60.6 cm³/mol. The maximum Gasteiger partial charge on any atom is 0.0710 e. The van der Waals surface area contributed by atoms with Crippen LogP contribution in [0.15, 0.2) is 30.7 Å². The molecule has 0 unspecified atom stereocenters. The summed E-state index contributed by atoms with van der Waals surface area (Å²) in [5.41, 5.74) is 3.06. The maximum atomic E-state index is 8.69. The molecule has 0 aliphatic heterocycles. The van der Waals surface area contributed by atoms with Gasteiger partial charge in [0.2, 0.25) is 0 Å². The number of hydrogen-bond donors (Lipinski definition) is 3. The minimum absolute atomic E-state index is 0.139. The molecule has 0 aliphatic rings. The first kappa shape index (κ1) is 10.8. The van der Waals surface area contributed by atoms with Crippen LogP contribution in [0.1, 0.15) is 5.56 Å². The van der Waals surface area contributed by atoms with Crippen LogP contribution < -0.4 is 5.32 Å². The second-order valence-corrected chi connectivity index (χ2v) is 3.41. The first-order valence-electron chi connectivity index (χ1n) is 5.16. The largest absolute Gasteiger partial charge is 0.395 e. The Morgan fingerprint density at radius 1 is 1.38 bits per heavy atom. The fraction of sp³-hybridized carbons (Fsp3) is 0.273. The minimum atomic E-state index is 0.139. The quantitative estimate of drug-likeness (QED) is 0.641. The van der Waals surface area contributed by atoms with Crippen molar-refractivity contribution in [3.63, 3.8) is 0 Å². The van der Waals surface area contributed by atoms with Gasteiger partial charge in [-0.25, -0.2) is 0 Å². The highest BCUT2D eigenvalue weighted by molar-refractivity contribution is 5.61. The second-order valence-electron chi connectivity index (χ2n) is 3.41. The summed E-state index contributed by atoms with van der Waals surface area (Å²) >= 11 is 0. The lowest BCUT2D eigenvalue weighted by Gasteiger charge is -2.03. The van der Waals surface area contributed by atoms with Gasteiger partial charge in [0.1, 0.15) is 0 Å². The van der Waals surface area contributed by atoms with Gasteiger partial charge < -0.3 is 10.4 Å². The van der Waals surface area contributed by atoms with Gasteiger partial charge in [0.05, 0.1) is 18.5 Å². The van der Waals surface area contributed by atoms with Gasteiger partial charge in [-0.05, 0) is 12.1 Å². The van der Waals surface area contributed by atoms with Crippen molar-refractivity contribution in [1.29, 1.82) is 0 Å². The van der Waals surface area contributed by atoms with E-state index in [0.29, 0.717) is 13.1 Å². The molecule has 0 radical (unpaired) electrons. The Kier molecular flexibility index (Phi) is 3.63. The molecule has 0 atom stereocenters. The molecular formula is C11H14N4O. The fourth-order valence-corrected chi connectivity index (χ4v) is 1.51. The third kappa shape index (κ3) is 2.44. The van der Waals surface area contributed by atoms with E-state index in [1.165, 1.54) is 0 Å². The zero-order valence-corrected chi connectivity index (χ0v) is 8.85. The van der Waals surface area contributed by atoms with Crippen LogP contribution in [-0.2, 0) is 6.54 Å². The number of rotatable bonds is 5. The van der Waals surface area contributed by atoms with Crippen LogP contribution >= 0.6 is 0 Å². The van der Waals surface area contributed by atoms with E-state index in [4.69, 9.17) is 5.11 Å². The summed E-state index contributed by atoms with van der Waals surface area (Å²) in [5.74, 6) is 0. The normalized spacial score (nSPS) is 10.6. The number of H-pyrrole nitrogens is 1. The van der Waals surface area contributed by atoms with Gasteiger partial charge in [0.15, 0.2) is 0 Å².